The number of rotatable bonds is 4. The van der Waals surface area contributed by atoms with Crippen molar-refractivity contribution in [2.45, 2.75) is 27.2 Å². The van der Waals surface area contributed by atoms with Gasteiger partial charge in [0.05, 0.1) is 5.92 Å². The molecule has 0 aliphatic carbocycles. The zero-order chi connectivity index (χ0) is 13.0. The van der Waals surface area contributed by atoms with E-state index in [1.54, 1.807) is 4.90 Å². The van der Waals surface area contributed by atoms with Gasteiger partial charge in [-0.25, -0.2) is 4.79 Å². The minimum Gasteiger partial charge on any atom is -0.481 e. The molecule has 1 saturated heterocycles. The van der Waals surface area contributed by atoms with E-state index in [0.717, 1.165) is 6.42 Å². The Morgan fingerprint density at radius 2 is 2.06 bits per heavy atom. The number of carbonyl (C=O) groups excluding carboxylic acids is 1. The van der Waals surface area contributed by atoms with Gasteiger partial charge in [-0.3, -0.25) is 4.79 Å². The van der Waals surface area contributed by atoms with Crippen molar-refractivity contribution in [2.75, 3.05) is 19.6 Å². The van der Waals surface area contributed by atoms with E-state index < -0.39 is 11.9 Å². The van der Waals surface area contributed by atoms with Crippen LogP contribution in [-0.4, -0.2) is 41.6 Å². The highest BCUT2D eigenvalue weighted by molar-refractivity contribution is 5.77. The van der Waals surface area contributed by atoms with E-state index in [4.69, 9.17) is 5.11 Å². The van der Waals surface area contributed by atoms with Crippen molar-refractivity contribution < 1.29 is 14.7 Å². The number of amides is 2. The molecule has 0 bridgehead atoms. The molecular weight excluding hydrogens is 220 g/mol. The SMILES string of the molecule is CC(C)CCNC(=O)N1CC(C)C(C(=O)O)C1. The van der Waals surface area contributed by atoms with Crippen molar-refractivity contribution in [3.63, 3.8) is 0 Å². The van der Waals surface area contributed by atoms with Gasteiger partial charge in [-0.2, -0.15) is 0 Å². The Morgan fingerprint density at radius 1 is 1.41 bits per heavy atom. The van der Waals surface area contributed by atoms with Crippen LogP contribution in [0.5, 0.6) is 0 Å². The first-order valence-electron chi connectivity index (χ1n) is 6.17. The van der Waals surface area contributed by atoms with Crippen molar-refractivity contribution in [1.29, 1.82) is 0 Å². The fourth-order valence-electron chi connectivity index (χ4n) is 2.03. The lowest BCUT2D eigenvalue weighted by Gasteiger charge is -2.17. The molecule has 2 N–H and O–H groups in total. The Labute approximate surface area is 102 Å². The molecule has 0 aromatic carbocycles. The van der Waals surface area contributed by atoms with Crippen molar-refractivity contribution in [3.05, 3.63) is 0 Å². The number of likely N-dealkylation sites (tertiary alicyclic amines) is 1. The quantitative estimate of drug-likeness (QED) is 0.782. The Kier molecular flexibility index (Phi) is 4.78. The smallest absolute Gasteiger partial charge is 0.317 e. The second-order valence-electron chi connectivity index (χ2n) is 5.24. The minimum atomic E-state index is -0.810. The molecule has 0 saturated carbocycles. The fraction of sp³-hybridized carbons (Fsp3) is 0.833. The van der Waals surface area contributed by atoms with Gasteiger partial charge in [-0.15, -0.1) is 0 Å². The lowest BCUT2D eigenvalue weighted by molar-refractivity contribution is -0.142. The number of carbonyl (C=O) groups is 2. The van der Waals surface area contributed by atoms with E-state index in [2.05, 4.69) is 19.2 Å². The average molecular weight is 242 g/mol. The van der Waals surface area contributed by atoms with Crippen molar-refractivity contribution in [1.82, 2.24) is 10.2 Å². The third-order valence-corrected chi connectivity index (χ3v) is 3.21. The number of carboxylic acids is 1. The van der Waals surface area contributed by atoms with Crippen LogP contribution in [0.15, 0.2) is 0 Å². The second kappa shape index (κ2) is 5.89. The molecule has 0 aromatic heterocycles. The number of nitrogens with zero attached hydrogens (tertiary/aromatic N) is 1. The summed E-state index contributed by atoms with van der Waals surface area (Å²) in [5, 5.41) is 11.8. The molecule has 17 heavy (non-hydrogen) atoms. The van der Waals surface area contributed by atoms with E-state index in [1.165, 1.54) is 0 Å². The number of nitrogens with one attached hydrogen (secondary N) is 1. The molecule has 98 valence electrons. The number of hydrogen-bond donors (Lipinski definition) is 2. The zero-order valence-electron chi connectivity index (χ0n) is 10.8. The Morgan fingerprint density at radius 3 is 2.53 bits per heavy atom. The third kappa shape index (κ3) is 3.91. The number of hydrogen-bond acceptors (Lipinski definition) is 2. The van der Waals surface area contributed by atoms with Crippen LogP contribution in [0.3, 0.4) is 0 Å². The monoisotopic (exact) mass is 242 g/mol. The van der Waals surface area contributed by atoms with Gasteiger partial charge >= 0.3 is 12.0 Å². The highest BCUT2D eigenvalue weighted by Crippen LogP contribution is 2.22. The molecule has 2 atom stereocenters. The first kappa shape index (κ1) is 13.8. The third-order valence-electron chi connectivity index (χ3n) is 3.21. The normalized spacial score (nSPS) is 24.1. The highest BCUT2D eigenvalue weighted by Gasteiger charge is 2.36. The van der Waals surface area contributed by atoms with E-state index in [1.807, 2.05) is 6.92 Å². The predicted molar refractivity (Wildman–Crippen MR) is 64.7 cm³/mol. The van der Waals surface area contributed by atoms with Gasteiger partial charge < -0.3 is 15.3 Å². The van der Waals surface area contributed by atoms with Crippen molar-refractivity contribution in [2.24, 2.45) is 17.8 Å². The molecule has 5 heteroatoms. The van der Waals surface area contributed by atoms with Gasteiger partial charge in [0.2, 0.25) is 0 Å². The maximum Gasteiger partial charge on any atom is 0.317 e. The van der Waals surface area contributed by atoms with Crippen LogP contribution in [-0.2, 0) is 4.79 Å². The van der Waals surface area contributed by atoms with Crippen LogP contribution < -0.4 is 5.32 Å². The van der Waals surface area contributed by atoms with Crippen molar-refractivity contribution >= 4 is 12.0 Å². The largest absolute Gasteiger partial charge is 0.481 e. The van der Waals surface area contributed by atoms with Gasteiger partial charge in [0.1, 0.15) is 0 Å². The predicted octanol–water partition coefficient (Wildman–Crippen LogP) is 1.39. The molecule has 1 rings (SSSR count). The maximum absolute atomic E-state index is 11.8. The van der Waals surface area contributed by atoms with E-state index in [-0.39, 0.29) is 11.9 Å². The number of carboxylic acid groups (broad SMARTS) is 1. The lowest BCUT2D eigenvalue weighted by atomic mass is 9.99. The van der Waals surface area contributed by atoms with E-state index in [0.29, 0.717) is 25.6 Å². The van der Waals surface area contributed by atoms with Gasteiger partial charge in [0, 0.05) is 19.6 Å². The van der Waals surface area contributed by atoms with Crippen LogP contribution in [0, 0.1) is 17.8 Å². The Balaban J connectivity index is 2.37. The summed E-state index contributed by atoms with van der Waals surface area (Å²) in [4.78, 5) is 24.3. The molecule has 0 aromatic rings. The zero-order valence-corrected chi connectivity index (χ0v) is 10.8. The fourth-order valence-corrected chi connectivity index (χ4v) is 2.03. The van der Waals surface area contributed by atoms with Crippen molar-refractivity contribution in [3.8, 4) is 0 Å². The average Bonchev–Trinajstić information content (AvgIpc) is 2.59. The summed E-state index contributed by atoms with van der Waals surface area (Å²) in [6, 6.07) is -0.138. The summed E-state index contributed by atoms with van der Waals surface area (Å²) in [6.07, 6.45) is 0.942. The molecule has 1 aliphatic rings. The summed E-state index contributed by atoms with van der Waals surface area (Å²) >= 11 is 0. The standard InChI is InChI=1S/C12H22N2O3/c1-8(2)4-5-13-12(17)14-6-9(3)10(7-14)11(15)16/h8-10H,4-7H2,1-3H3,(H,13,17)(H,15,16). The second-order valence-corrected chi connectivity index (χ2v) is 5.24. The first-order valence-corrected chi connectivity index (χ1v) is 6.17. The molecule has 1 aliphatic heterocycles. The molecule has 1 heterocycles. The molecule has 2 unspecified atom stereocenters. The first-order chi connectivity index (χ1) is 7.91. The number of aliphatic carboxylic acids is 1. The van der Waals surface area contributed by atoms with Crippen LogP contribution in [0.2, 0.25) is 0 Å². The van der Waals surface area contributed by atoms with E-state index in [9.17, 15) is 9.59 Å². The molecule has 2 amide bonds. The molecule has 1 fully saturated rings. The molecule has 5 nitrogen and oxygen atoms in total. The summed E-state index contributed by atoms with van der Waals surface area (Å²) in [5.74, 6) is -0.649. The molecular formula is C12H22N2O3. The van der Waals surface area contributed by atoms with Crippen LogP contribution in [0.1, 0.15) is 27.2 Å². The van der Waals surface area contributed by atoms with Gasteiger partial charge in [-0.05, 0) is 18.3 Å². The van der Waals surface area contributed by atoms with Gasteiger partial charge in [0.15, 0.2) is 0 Å². The minimum absolute atomic E-state index is 0.0309. The van der Waals surface area contributed by atoms with E-state index >= 15 is 0 Å². The summed E-state index contributed by atoms with van der Waals surface area (Å²) in [7, 11) is 0. The lowest BCUT2D eigenvalue weighted by Crippen LogP contribution is -2.39. The van der Waals surface area contributed by atoms with Crippen LogP contribution in [0.4, 0.5) is 4.79 Å². The van der Waals surface area contributed by atoms with Crippen LogP contribution in [0.25, 0.3) is 0 Å². The van der Waals surface area contributed by atoms with Gasteiger partial charge in [-0.1, -0.05) is 20.8 Å². The summed E-state index contributed by atoms with van der Waals surface area (Å²) in [5.41, 5.74) is 0. The molecule has 0 radical (unpaired) electrons. The highest BCUT2D eigenvalue weighted by atomic mass is 16.4. The number of urea groups is 1. The molecule has 0 spiro atoms. The summed E-state index contributed by atoms with van der Waals surface area (Å²) < 4.78 is 0. The van der Waals surface area contributed by atoms with Gasteiger partial charge in [0.25, 0.3) is 0 Å². The Bertz CT molecular complexity index is 291. The Hall–Kier alpha value is -1.26. The summed E-state index contributed by atoms with van der Waals surface area (Å²) in [6.45, 7) is 7.59. The van der Waals surface area contributed by atoms with Crippen LogP contribution >= 0.6 is 0 Å². The maximum atomic E-state index is 11.8. The topological polar surface area (TPSA) is 69.6 Å².